The second kappa shape index (κ2) is 6.24. The van der Waals surface area contributed by atoms with Crippen molar-refractivity contribution in [3.8, 4) is 11.1 Å². The van der Waals surface area contributed by atoms with E-state index in [1.807, 2.05) is 12.1 Å². The van der Waals surface area contributed by atoms with Crippen LogP contribution in [0.25, 0.3) is 21.3 Å². The van der Waals surface area contributed by atoms with E-state index in [0.717, 1.165) is 37.3 Å². The first kappa shape index (κ1) is 16.6. The van der Waals surface area contributed by atoms with Crippen LogP contribution >= 0.6 is 27.3 Å². The maximum Gasteiger partial charge on any atom is 0.256 e. The molecule has 1 aliphatic rings. The average Bonchev–Trinajstić information content (AvgIpc) is 3.26. The fraction of sp³-hybridized carbons (Fsp3) is 0.158. The van der Waals surface area contributed by atoms with Gasteiger partial charge < -0.3 is 9.88 Å². The Morgan fingerprint density at radius 1 is 1.19 bits per heavy atom. The van der Waals surface area contributed by atoms with Crippen LogP contribution in [0.4, 0.5) is 5.82 Å². The number of H-pyrrole nitrogens is 1. The summed E-state index contributed by atoms with van der Waals surface area (Å²) < 4.78 is 1.04. The number of nitrogens with one attached hydrogen (secondary N) is 1. The van der Waals surface area contributed by atoms with Crippen LogP contribution in [0.15, 0.2) is 45.2 Å². The topological polar surface area (TPSA) is 74.8 Å². The molecule has 6 nitrogen and oxygen atoms in total. The SMILES string of the molecule is Cc1nc2c(c(=O)[nH]1)CN(c1ncnc3scc(-c4ccc(Br)cc4)c13)C2. The standard InChI is InChI=1S/C19H14BrN5OS/c1-10-23-15-7-25(6-13(15)18(26)24-10)17-16-14(8-27-19(16)22-9-21-17)11-2-4-12(20)5-3-11/h2-5,8-9H,6-7H2,1H3,(H,23,24,26). The fourth-order valence-corrected chi connectivity index (χ4v) is 4.66. The Bertz CT molecular complexity index is 1230. The molecule has 0 radical (unpaired) electrons. The lowest BCUT2D eigenvalue weighted by Crippen LogP contribution is -2.19. The van der Waals surface area contributed by atoms with Gasteiger partial charge in [-0.05, 0) is 24.6 Å². The van der Waals surface area contributed by atoms with E-state index < -0.39 is 0 Å². The van der Waals surface area contributed by atoms with Gasteiger partial charge in [0, 0.05) is 15.4 Å². The molecule has 0 saturated carbocycles. The van der Waals surface area contributed by atoms with E-state index >= 15 is 0 Å². The molecule has 1 aromatic carbocycles. The Morgan fingerprint density at radius 3 is 2.81 bits per heavy atom. The number of anilines is 1. The summed E-state index contributed by atoms with van der Waals surface area (Å²) in [5.74, 6) is 1.48. The lowest BCUT2D eigenvalue weighted by atomic mass is 10.1. The van der Waals surface area contributed by atoms with E-state index in [0.29, 0.717) is 24.5 Å². The molecule has 0 aliphatic carbocycles. The number of hydrogen-bond acceptors (Lipinski definition) is 6. The van der Waals surface area contributed by atoms with Crippen LogP contribution < -0.4 is 10.5 Å². The number of nitrogens with zero attached hydrogens (tertiary/aromatic N) is 4. The zero-order valence-electron chi connectivity index (χ0n) is 14.4. The Kier molecular flexibility index (Phi) is 3.84. The molecule has 1 N–H and O–H groups in total. The summed E-state index contributed by atoms with van der Waals surface area (Å²) in [7, 11) is 0. The first-order valence-corrected chi connectivity index (χ1v) is 10.1. The van der Waals surface area contributed by atoms with E-state index in [9.17, 15) is 4.79 Å². The molecule has 27 heavy (non-hydrogen) atoms. The van der Waals surface area contributed by atoms with E-state index in [1.54, 1.807) is 24.6 Å². The minimum atomic E-state index is -0.0660. The van der Waals surface area contributed by atoms with Gasteiger partial charge in [0.25, 0.3) is 5.56 Å². The molecule has 0 bridgehead atoms. The number of benzene rings is 1. The van der Waals surface area contributed by atoms with Crippen molar-refractivity contribution in [2.45, 2.75) is 20.0 Å². The molecule has 0 atom stereocenters. The highest BCUT2D eigenvalue weighted by Crippen LogP contribution is 2.39. The number of halogens is 1. The van der Waals surface area contributed by atoms with E-state index in [-0.39, 0.29) is 5.56 Å². The van der Waals surface area contributed by atoms with Crippen LogP contribution in [0.5, 0.6) is 0 Å². The third kappa shape index (κ3) is 2.76. The maximum absolute atomic E-state index is 12.3. The summed E-state index contributed by atoms with van der Waals surface area (Å²) in [6, 6.07) is 8.22. The summed E-state index contributed by atoms with van der Waals surface area (Å²) >= 11 is 5.09. The van der Waals surface area contributed by atoms with Crippen LogP contribution in [-0.4, -0.2) is 19.9 Å². The molecule has 4 heterocycles. The number of aromatic nitrogens is 4. The van der Waals surface area contributed by atoms with Gasteiger partial charge in [0.2, 0.25) is 0 Å². The predicted molar refractivity (Wildman–Crippen MR) is 110 cm³/mol. The molecule has 0 amide bonds. The number of aromatic amines is 1. The highest BCUT2D eigenvalue weighted by atomic mass is 79.9. The number of aryl methyl sites for hydroxylation is 1. The van der Waals surface area contributed by atoms with Gasteiger partial charge in [-0.25, -0.2) is 15.0 Å². The quantitative estimate of drug-likeness (QED) is 0.510. The van der Waals surface area contributed by atoms with Gasteiger partial charge in [0.05, 0.1) is 29.7 Å². The average molecular weight is 440 g/mol. The summed E-state index contributed by atoms with van der Waals surface area (Å²) in [4.78, 5) is 31.6. The van der Waals surface area contributed by atoms with Gasteiger partial charge >= 0.3 is 0 Å². The summed E-state index contributed by atoms with van der Waals surface area (Å²) in [5.41, 5.74) is 3.69. The Morgan fingerprint density at radius 2 is 2.00 bits per heavy atom. The molecule has 134 valence electrons. The highest BCUT2D eigenvalue weighted by Gasteiger charge is 2.27. The first-order chi connectivity index (χ1) is 13.1. The van der Waals surface area contributed by atoms with Gasteiger partial charge in [-0.2, -0.15) is 0 Å². The molecule has 4 aromatic rings. The molecular weight excluding hydrogens is 426 g/mol. The van der Waals surface area contributed by atoms with Crippen molar-refractivity contribution in [2.75, 3.05) is 4.90 Å². The third-order valence-corrected chi connectivity index (χ3v) is 6.13. The molecule has 0 spiro atoms. The van der Waals surface area contributed by atoms with Crippen molar-refractivity contribution < 1.29 is 0 Å². The molecule has 1 aliphatic heterocycles. The van der Waals surface area contributed by atoms with Crippen LogP contribution in [0.3, 0.4) is 0 Å². The summed E-state index contributed by atoms with van der Waals surface area (Å²) in [6.07, 6.45) is 1.59. The van der Waals surface area contributed by atoms with Gasteiger partial charge in [-0.1, -0.05) is 28.1 Å². The highest BCUT2D eigenvalue weighted by molar-refractivity contribution is 9.10. The van der Waals surface area contributed by atoms with Gasteiger partial charge in [0.1, 0.15) is 22.8 Å². The van der Waals surface area contributed by atoms with Crippen molar-refractivity contribution in [1.82, 2.24) is 19.9 Å². The number of fused-ring (bicyclic) bond motifs is 2. The van der Waals surface area contributed by atoms with Gasteiger partial charge in [-0.3, -0.25) is 4.79 Å². The van der Waals surface area contributed by atoms with Gasteiger partial charge in [-0.15, -0.1) is 11.3 Å². The molecule has 0 unspecified atom stereocenters. The zero-order chi connectivity index (χ0) is 18.5. The van der Waals surface area contributed by atoms with Crippen LogP contribution in [0, 0.1) is 6.92 Å². The normalized spacial score (nSPS) is 13.3. The molecular formula is C19H14BrN5OS. The second-order valence-electron chi connectivity index (χ2n) is 6.47. The lowest BCUT2D eigenvalue weighted by Gasteiger charge is -2.17. The zero-order valence-corrected chi connectivity index (χ0v) is 16.8. The van der Waals surface area contributed by atoms with Crippen LogP contribution in [0.2, 0.25) is 0 Å². The summed E-state index contributed by atoms with van der Waals surface area (Å²) in [5, 5.41) is 3.13. The molecule has 8 heteroatoms. The van der Waals surface area contributed by atoms with Gasteiger partial charge in [0.15, 0.2) is 0 Å². The minimum Gasteiger partial charge on any atom is -0.345 e. The van der Waals surface area contributed by atoms with E-state index in [4.69, 9.17) is 0 Å². The van der Waals surface area contributed by atoms with Crippen LogP contribution in [-0.2, 0) is 13.1 Å². The van der Waals surface area contributed by atoms with Crippen molar-refractivity contribution >= 4 is 43.3 Å². The molecule has 0 saturated heterocycles. The van der Waals surface area contributed by atoms with Crippen LogP contribution in [0.1, 0.15) is 17.1 Å². The van der Waals surface area contributed by atoms with E-state index in [1.165, 1.54) is 0 Å². The maximum atomic E-state index is 12.3. The number of thiophene rings is 1. The lowest BCUT2D eigenvalue weighted by molar-refractivity contribution is 0.849. The van der Waals surface area contributed by atoms with Crippen molar-refractivity contribution in [1.29, 1.82) is 0 Å². The number of rotatable bonds is 2. The van der Waals surface area contributed by atoms with E-state index in [2.05, 4.69) is 58.3 Å². The largest absolute Gasteiger partial charge is 0.345 e. The number of hydrogen-bond donors (Lipinski definition) is 1. The molecule has 0 fully saturated rings. The Labute approximate surface area is 167 Å². The fourth-order valence-electron chi connectivity index (χ4n) is 3.48. The third-order valence-electron chi connectivity index (χ3n) is 4.71. The minimum absolute atomic E-state index is 0.0660. The Balaban J connectivity index is 1.64. The monoisotopic (exact) mass is 439 g/mol. The smallest absolute Gasteiger partial charge is 0.256 e. The second-order valence-corrected chi connectivity index (χ2v) is 8.24. The summed E-state index contributed by atoms with van der Waals surface area (Å²) in [6.45, 7) is 2.87. The first-order valence-electron chi connectivity index (χ1n) is 8.42. The molecule has 3 aromatic heterocycles. The molecule has 5 rings (SSSR count). The van der Waals surface area contributed by atoms with Crippen molar-refractivity contribution in [3.63, 3.8) is 0 Å². The van der Waals surface area contributed by atoms with Crippen molar-refractivity contribution in [3.05, 3.63) is 67.9 Å². The Hall–Kier alpha value is -2.58. The van der Waals surface area contributed by atoms with Crippen molar-refractivity contribution in [2.24, 2.45) is 0 Å². The predicted octanol–water partition coefficient (Wildman–Crippen LogP) is 4.03.